The summed E-state index contributed by atoms with van der Waals surface area (Å²) in [6.45, 7) is 0.190. The first-order valence-electron chi connectivity index (χ1n) is 8.60. The fraction of sp³-hybridized carbons (Fsp3) is 0.0476. The maximum Gasteiger partial charge on any atom is 0.267 e. The van der Waals surface area contributed by atoms with Gasteiger partial charge in [0.15, 0.2) is 11.8 Å². The van der Waals surface area contributed by atoms with E-state index < -0.39 is 11.7 Å². The van der Waals surface area contributed by atoms with Gasteiger partial charge in [-0.05, 0) is 41.5 Å². The van der Waals surface area contributed by atoms with E-state index in [9.17, 15) is 19.4 Å². The molecule has 146 valence electrons. The Hall–Kier alpha value is -3.58. The van der Waals surface area contributed by atoms with Crippen molar-refractivity contribution in [3.05, 3.63) is 76.7 Å². The molecule has 0 unspecified atom stereocenters. The Morgan fingerprint density at radius 3 is 2.41 bits per heavy atom. The molecule has 0 radical (unpaired) electrons. The van der Waals surface area contributed by atoms with Crippen LogP contribution in [0.4, 0.5) is 4.39 Å². The van der Waals surface area contributed by atoms with Crippen molar-refractivity contribution in [2.24, 2.45) is 5.73 Å². The van der Waals surface area contributed by atoms with Crippen LogP contribution in [0.2, 0.25) is 5.02 Å². The summed E-state index contributed by atoms with van der Waals surface area (Å²) in [6.07, 6.45) is 0. The molecule has 0 spiro atoms. The number of amides is 1. The summed E-state index contributed by atoms with van der Waals surface area (Å²) in [5.74, 6) is -1.35. The molecule has 0 aliphatic rings. The number of benzene rings is 2. The SMILES string of the molecule is NC(=O)c1cc(-c2ccc(F)cc2Cl)c2ccc(Cn3c(O)ccc3O)cc2n1. The predicted octanol–water partition coefficient (Wildman–Crippen LogP) is 4.05. The maximum absolute atomic E-state index is 13.5. The maximum atomic E-state index is 13.5. The van der Waals surface area contributed by atoms with Crippen molar-refractivity contribution < 1.29 is 19.4 Å². The number of halogens is 2. The van der Waals surface area contributed by atoms with Gasteiger partial charge < -0.3 is 15.9 Å². The van der Waals surface area contributed by atoms with E-state index in [1.807, 2.05) is 0 Å². The molecule has 4 rings (SSSR count). The van der Waals surface area contributed by atoms with Crippen LogP contribution in [0.5, 0.6) is 11.8 Å². The Balaban J connectivity index is 1.89. The molecule has 0 saturated carbocycles. The average Bonchev–Trinajstić information content (AvgIpc) is 2.99. The van der Waals surface area contributed by atoms with Crippen molar-refractivity contribution >= 4 is 28.4 Å². The van der Waals surface area contributed by atoms with Gasteiger partial charge in [-0.1, -0.05) is 23.7 Å². The minimum atomic E-state index is -0.711. The molecule has 0 atom stereocenters. The molecule has 29 heavy (non-hydrogen) atoms. The first-order valence-corrected chi connectivity index (χ1v) is 8.97. The quantitative estimate of drug-likeness (QED) is 0.471. The molecule has 2 aromatic carbocycles. The topological polar surface area (TPSA) is 101 Å². The Kier molecular flexibility index (Phi) is 4.60. The zero-order valence-electron chi connectivity index (χ0n) is 14.9. The number of rotatable bonds is 4. The third kappa shape index (κ3) is 3.48. The first kappa shape index (κ1) is 18.8. The molecule has 0 fully saturated rings. The number of aromatic nitrogens is 2. The van der Waals surface area contributed by atoms with Crippen LogP contribution >= 0.6 is 11.6 Å². The molecule has 0 aliphatic heterocycles. The number of carbonyl (C=O) groups is 1. The summed E-state index contributed by atoms with van der Waals surface area (Å²) in [6, 6.07) is 13.6. The van der Waals surface area contributed by atoms with E-state index in [0.29, 0.717) is 22.0 Å². The van der Waals surface area contributed by atoms with Gasteiger partial charge in [-0.25, -0.2) is 9.37 Å². The number of pyridine rings is 1. The van der Waals surface area contributed by atoms with Crippen LogP contribution in [0, 0.1) is 5.82 Å². The Bertz CT molecular complexity index is 1250. The van der Waals surface area contributed by atoms with Crippen LogP contribution in [0.25, 0.3) is 22.0 Å². The molecular formula is C21H15ClFN3O3. The van der Waals surface area contributed by atoms with Crippen LogP contribution < -0.4 is 5.73 Å². The van der Waals surface area contributed by atoms with E-state index >= 15 is 0 Å². The second-order valence-corrected chi connectivity index (χ2v) is 6.94. The fourth-order valence-corrected chi connectivity index (χ4v) is 3.49. The second-order valence-electron chi connectivity index (χ2n) is 6.53. The largest absolute Gasteiger partial charge is 0.494 e. The molecular weight excluding hydrogens is 397 g/mol. The Labute approximate surface area is 169 Å². The van der Waals surface area contributed by atoms with Crippen molar-refractivity contribution in [1.29, 1.82) is 0 Å². The standard InChI is InChI=1S/C21H15ClFN3O3/c22-16-8-12(23)2-4-13(16)15-9-18(21(24)29)25-17-7-11(1-3-14(15)17)10-26-19(27)5-6-20(26)28/h1-9,27-28H,10H2,(H2,24,29). The molecule has 2 aromatic heterocycles. The molecule has 0 saturated heterocycles. The van der Waals surface area contributed by atoms with Crippen molar-refractivity contribution in [3.8, 4) is 22.9 Å². The van der Waals surface area contributed by atoms with E-state index in [2.05, 4.69) is 4.98 Å². The number of hydrogen-bond donors (Lipinski definition) is 3. The number of carbonyl (C=O) groups excluding carboxylic acids is 1. The van der Waals surface area contributed by atoms with Crippen molar-refractivity contribution in [1.82, 2.24) is 9.55 Å². The second kappa shape index (κ2) is 7.10. The molecule has 0 aliphatic carbocycles. The van der Waals surface area contributed by atoms with E-state index in [-0.39, 0.29) is 29.0 Å². The van der Waals surface area contributed by atoms with Crippen molar-refractivity contribution in [2.45, 2.75) is 6.54 Å². The van der Waals surface area contributed by atoms with Crippen LogP contribution in [0.3, 0.4) is 0 Å². The van der Waals surface area contributed by atoms with Gasteiger partial charge in [0.25, 0.3) is 5.91 Å². The fourth-order valence-electron chi connectivity index (χ4n) is 3.22. The lowest BCUT2D eigenvalue weighted by molar-refractivity contribution is 0.0996. The van der Waals surface area contributed by atoms with E-state index in [4.69, 9.17) is 17.3 Å². The van der Waals surface area contributed by atoms with Gasteiger partial charge >= 0.3 is 0 Å². The summed E-state index contributed by atoms with van der Waals surface area (Å²) in [5.41, 5.74) is 7.80. The van der Waals surface area contributed by atoms with Gasteiger partial charge in [0.1, 0.15) is 11.5 Å². The van der Waals surface area contributed by atoms with E-state index in [1.54, 1.807) is 18.2 Å². The summed E-state index contributed by atoms with van der Waals surface area (Å²) in [4.78, 5) is 16.1. The number of nitrogens with two attached hydrogens (primary N) is 1. The first-order chi connectivity index (χ1) is 13.8. The zero-order chi connectivity index (χ0) is 20.7. The van der Waals surface area contributed by atoms with Crippen molar-refractivity contribution in [2.75, 3.05) is 0 Å². The van der Waals surface area contributed by atoms with Gasteiger partial charge in [-0.3, -0.25) is 9.36 Å². The van der Waals surface area contributed by atoms with Crippen LogP contribution in [0.1, 0.15) is 16.1 Å². The third-order valence-electron chi connectivity index (χ3n) is 4.62. The molecule has 2 heterocycles. The molecule has 4 aromatic rings. The summed E-state index contributed by atoms with van der Waals surface area (Å²) >= 11 is 6.22. The summed E-state index contributed by atoms with van der Waals surface area (Å²) < 4.78 is 14.8. The zero-order valence-corrected chi connectivity index (χ0v) is 15.7. The third-order valence-corrected chi connectivity index (χ3v) is 4.94. The molecule has 1 amide bonds. The highest BCUT2D eigenvalue weighted by Crippen LogP contribution is 2.35. The van der Waals surface area contributed by atoms with Crippen LogP contribution in [-0.2, 0) is 6.54 Å². The van der Waals surface area contributed by atoms with Gasteiger partial charge in [0, 0.05) is 23.1 Å². The lowest BCUT2D eigenvalue weighted by atomic mass is 9.98. The minimum absolute atomic E-state index is 0.0386. The predicted molar refractivity (Wildman–Crippen MR) is 108 cm³/mol. The molecule has 6 nitrogen and oxygen atoms in total. The Morgan fingerprint density at radius 2 is 1.76 bits per heavy atom. The normalized spacial score (nSPS) is 11.1. The monoisotopic (exact) mass is 411 g/mol. The molecule has 8 heteroatoms. The van der Waals surface area contributed by atoms with Crippen LogP contribution in [-0.4, -0.2) is 25.7 Å². The lowest BCUT2D eigenvalue weighted by Crippen LogP contribution is -2.13. The summed E-state index contributed by atoms with van der Waals surface area (Å²) in [7, 11) is 0. The average molecular weight is 412 g/mol. The number of fused-ring (bicyclic) bond motifs is 1. The highest BCUT2D eigenvalue weighted by atomic mass is 35.5. The lowest BCUT2D eigenvalue weighted by Gasteiger charge is -2.12. The smallest absolute Gasteiger partial charge is 0.267 e. The van der Waals surface area contributed by atoms with E-state index in [1.165, 1.54) is 41.0 Å². The van der Waals surface area contributed by atoms with E-state index in [0.717, 1.165) is 5.56 Å². The highest BCUT2D eigenvalue weighted by Gasteiger charge is 2.15. The molecule has 0 bridgehead atoms. The van der Waals surface area contributed by atoms with Gasteiger partial charge in [0.2, 0.25) is 0 Å². The van der Waals surface area contributed by atoms with Gasteiger partial charge in [-0.15, -0.1) is 0 Å². The summed E-state index contributed by atoms with van der Waals surface area (Å²) in [5, 5.41) is 20.6. The number of hydrogen-bond acceptors (Lipinski definition) is 4. The number of aromatic hydroxyl groups is 2. The van der Waals surface area contributed by atoms with Crippen LogP contribution in [0.15, 0.2) is 54.6 Å². The number of primary amides is 1. The Morgan fingerprint density at radius 1 is 1.03 bits per heavy atom. The molecule has 4 N–H and O–H groups in total. The minimum Gasteiger partial charge on any atom is -0.494 e. The number of nitrogens with zero attached hydrogens (tertiary/aromatic N) is 2. The van der Waals surface area contributed by atoms with Crippen molar-refractivity contribution in [3.63, 3.8) is 0 Å². The highest BCUT2D eigenvalue weighted by molar-refractivity contribution is 6.33. The van der Waals surface area contributed by atoms with Gasteiger partial charge in [0.05, 0.1) is 17.1 Å². The van der Waals surface area contributed by atoms with Gasteiger partial charge in [-0.2, -0.15) is 0 Å².